The molecule has 2 saturated heterocycles. The fraction of sp³-hybridized carbons (Fsp3) is 0.480. The van der Waals surface area contributed by atoms with Crippen LogP contribution in [0.3, 0.4) is 0 Å². The van der Waals surface area contributed by atoms with Crippen molar-refractivity contribution >= 4 is 17.7 Å². The first-order valence-corrected chi connectivity index (χ1v) is 11.1. The summed E-state index contributed by atoms with van der Waals surface area (Å²) in [6.45, 7) is 13.0. The molecule has 7 nitrogen and oxygen atoms in total. The lowest BCUT2D eigenvalue weighted by Crippen LogP contribution is -2.58. The Morgan fingerprint density at radius 2 is 1.62 bits per heavy atom. The van der Waals surface area contributed by atoms with Crippen LogP contribution in [0.4, 0.5) is 0 Å². The molecular weight excluding hydrogens is 408 g/mol. The van der Waals surface area contributed by atoms with Gasteiger partial charge in [0.25, 0.3) is 17.7 Å². The first kappa shape index (κ1) is 25.5. The number of amides is 3. The maximum atomic E-state index is 12.6. The summed E-state index contributed by atoms with van der Waals surface area (Å²) < 4.78 is 11.2. The zero-order chi connectivity index (χ0) is 23.6. The molecule has 2 aliphatic rings. The zero-order valence-corrected chi connectivity index (χ0v) is 19.1. The van der Waals surface area contributed by atoms with Gasteiger partial charge in [-0.1, -0.05) is 44.2 Å². The van der Waals surface area contributed by atoms with Crippen molar-refractivity contribution in [2.45, 2.75) is 50.7 Å². The summed E-state index contributed by atoms with van der Waals surface area (Å²) in [5.41, 5.74) is -1.06. The smallest absolute Gasteiger partial charge is 0.262 e. The van der Waals surface area contributed by atoms with Gasteiger partial charge in [0, 0.05) is 24.9 Å². The van der Waals surface area contributed by atoms with Crippen LogP contribution >= 0.6 is 0 Å². The molecule has 0 spiro atoms. The molecule has 0 bridgehead atoms. The van der Waals surface area contributed by atoms with E-state index in [-0.39, 0.29) is 17.7 Å². The molecule has 0 aliphatic carbocycles. The third-order valence-corrected chi connectivity index (χ3v) is 5.86. The van der Waals surface area contributed by atoms with Crippen LogP contribution in [0.5, 0.6) is 0 Å². The van der Waals surface area contributed by atoms with Crippen LogP contribution in [-0.2, 0) is 19.1 Å². The minimum Gasteiger partial charge on any atom is -0.363 e. The van der Waals surface area contributed by atoms with Crippen LogP contribution in [0, 0.1) is 0 Å². The monoisotopic (exact) mass is 442 g/mol. The Kier molecular flexibility index (Phi) is 9.35. The lowest BCUT2D eigenvalue weighted by Gasteiger charge is -2.39. The Balaban J connectivity index is 0.000000258. The molecule has 1 N–H and O–H groups in total. The second-order valence-electron chi connectivity index (χ2n) is 7.76. The van der Waals surface area contributed by atoms with E-state index in [9.17, 15) is 14.4 Å². The van der Waals surface area contributed by atoms with Gasteiger partial charge < -0.3 is 14.8 Å². The Morgan fingerprint density at radius 1 is 1.03 bits per heavy atom. The van der Waals surface area contributed by atoms with E-state index in [1.165, 1.54) is 4.90 Å². The number of hydrogen-bond donors (Lipinski definition) is 1. The summed E-state index contributed by atoms with van der Waals surface area (Å²) in [4.78, 5) is 37.8. The van der Waals surface area contributed by atoms with Crippen LogP contribution in [0.15, 0.2) is 55.6 Å². The lowest BCUT2D eigenvalue weighted by atomic mass is 9.92. The second-order valence-corrected chi connectivity index (χ2v) is 7.76. The normalized spacial score (nSPS) is 25.2. The number of benzene rings is 1. The maximum absolute atomic E-state index is 12.6. The van der Waals surface area contributed by atoms with Gasteiger partial charge in [-0.2, -0.15) is 0 Å². The first-order valence-electron chi connectivity index (χ1n) is 11.1. The number of nitrogens with one attached hydrogen (secondary N) is 1. The van der Waals surface area contributed by atoms with E-state index in [4.69, 9.17) is 9.47 Å². The van der Waals surface area contributed by atoms with E-state index in [0.717, 1.165) is 0 Å². The van der Waals surface area contributed by atoms with Crippen molar-refractivity contribution in [1.82, 2.24) is 10.2 Å². The minimum atomic E-state index is -0.940. The molecule has 0 unspecified atom stereocenters. The minimum absolute atomic E-state index is 0.00356. The summed E-state index contributed by atoms with van der Waals surface area (Å²) in [5.74, 6) is -0.531. The highest BCUT2D eigenvalue weighted by molar-refractivity contribution is 6.07. The molecule has 2 aliphatic heterocycles. The number of morpholine rings is 2. The molecule has 3 rings (SSSR count). The summed E-state index contributed by atoms with van der Waals surface area (Å²) in [7, 11) is 0. The predicted octanol–water partition coefficient (Wildman–Crippen LogP) is 3.27. The number of carbonyl (C=O) groups is 3. The number of hydrogen-bond acceptors (Lipinski definition) is 5. The molecule has 7 heteroatoms. The molecule has 1 aromatic rings. The Morgan fingerprint density at radius 3 is 2.19 bits per heavy atom. The van der Waals surface area contributed by atoms with Crippen molar-refractivity contribution in [2.75, 3.05) is 26.3 Å². The number of ether oxygens (including phenoxy) is 2. The number of rotatable bonds is 7. The number of nitrogens with zero attached hydrogens (tertiary/aromatic N) is 1. The highest BCUT2D eigenvalue weighted by Crippen LogP contribution is 2.28. The quantitative estimate of drug-likeness (QED) is 0.518. The maximum Gasteiger partial charge on any atom is 0.262 e. The molecule has 32 heavy (non-hydrogen) atoms. The highest BCUT2D eigenvalue weighted by Gasteiger charge is 2.45. The van der Waals surface area contributed by atoms with Crippen molar-refractivity contribution in [3.8, 4) is 0 Å². The van der Waals surface area contributed by atoms with Crippen molar-refractivity contribution < 1.29 is 23.9 Å². The first-order chi connectivity index (χ1) is 15.4. The van der Waals surface area contributed by atoms with E-state index in [2.05, 4.69) is 18.5 Å². The van der Waals surface area contributed by atoms with E-state index in [1.807, 2.05) is 19.9 Å². The van der Waals surface area contributed by atoms with Gasteiger partial charge in [-0.25, -0.2) is 0 Å². The van der Waals surface area contributed by atoms with Gasteiger partial charge in [0.2, 0.25) is 0 Å². The van der Waals surface area contributed by atoms with Gasteiger partial charge in [0.1, 0.15) is 5.60 Å². The average molecular weight is 443 g/mol. The van der Waals surface area contributed by atoms with Crippen LogP contribution in [0.25, 0.3) is 0 Å². The van der Waals surface area contributed by atoms with E-state index in [0.29, 0.717) is 57.6 Å². The number of carbonyl (C=O) groups excluding carboxylic acids is 3. The summed E-state index contributed by atoms with van der Waals surface area (Å²) >= 11 is 0. The molecule has 3 amide bonds. The van der Waals surface area contributed by atoms with Gasteiger partial charge in [0.15, 0.2) is 5.60 Å². The van der Waals surface area contributed by atoms with Gasteiger partial charge >= 0.3 is 0 Å². The highest BCUT2D eigenvalue weighted by atomic mass is 16.5. The van der Waals surface area contributed by atoms with Crippen LogP contribution in [-0.4, -0.2) is 60.1 Å². The van der Waals surface area contributed by atoms with Crippen molar-refractivity contribution in [2.24, 2.45) is 0 Å². The molecule has 0 aromatic heterocycles. The molecular formula is C25H34N2O5. The summed E-state index contributed by atoms with van der Waals surface area (Å²) in [5, 5.41) is 2.80. The van der Waals surface area contributed by atoms with Gasteiger partial charge in [-0.3, -0.25) is 19.3 Å². The summed E-state index contributed by atoms with van der Waals surface area (Å²) in [6, 6.07) is 8.84. The molecule has 2 fully saturated rings. The predicted molar refractivity (Wildman–Crippen MR) is 123 cm³/mol. The molecule has 2 atom stereocenters. The van der Waals surface area contributed by atoms with Crippen molar-refractivity contribution in [3.05, 3.63) is 61.2 Å². The molecule has 2 heterocycles. The zero-order valence-electron chi connectivity index (χ0n) is 19.1. The largest absolute Gasteiger partial charge is 0.363 e. The second kappa shape index (κ2) is 11.7. The molecule has 1 aromatic carbocycles. The third-order valence-electron chi connectivity index (χ3n) is 5.86. The summed E-state index contributed by atoms with van der Waals surface area (Å²) in [6.07, 6.45) is 5.63. The Hall–Kier alpha value is -2.77. The lowest BCUT2D eigenvalue weighted by molar-refractivity contribution is -0.167. The van der Waals surface area contributed by atoms with E-state index >= 15 is 0 Å². The molecule has 0 saturated carbocycles. The Labute approximate surface area is 190 Å². The van der Waals surface area contributed by atoms with Gasteiger partial charge in [-0.05, 0) is 25.0 Å². The van der Waals surface area contributed by atoms with Gasteiger partial charge in [0.05, 0.1) is 19.8 Å². The fourth-order valence-corrected chi connectivity index (χ4v) is 3.88. The number of imide groups is 1. The van der Waals surface area contributed by atoms with Crippen LogP contribution in [0.2, 0.25) is 0 Å². The van der Waals surface area contributed by atoms with Gasteiger partial charge in [-0.15, -0.1) is 13.2 Å². The molecule has 174 valence electrons. The Bertz CT molecular complexity index is 825. The third kappa shape index (κ3) is 5.53. The topological polar surface area (TPSA) is 84.9 Å². The standard InChI is InChI=1S/C16H19NO3.C9H15NO2/c1-3-10-16(4-2)15(19)17(11-12-20-16)14(18)13-8-6-5-7-9-13;1-3-5-9(4-2)8(11)10-6-7-12-9/h3,5-9H,1,4,10-12H2,2H3;3H,1,4-7H2,2H3,(H,10,11)/t16-;9-/m11/s1. The van der Waals surface area contributed by atoms with E-state index in [1.54, 1.807) is 36.4 Å². The SMILES string of the molecule is C=CC[C@@]1(CC)OCCN(C(=O)c2ccccc2)C1=O.C=CC[C@@]1(CC)OCCNC1=O. The van der Waals surface area contributed by atoms with E-state index < -0.39 is 11.2 Å². The van der Waals surface area contributed by atoms with Crippen LogP contribution < -0.4 is 5.32 Å². The van der Waals surface area contributed by atoms with Crippen LogP contribution in [0.1, 0.15) is 49.9 Å². The van der Waals surface area contributed by atoms with Crippen molar-refractivity contribution in [3.63, 3.8) is 0 Å². The average Bonchev–Trinajstić information content (AvgIpc) is 2.83. The molecule has 0 radical (unpaired) electrons. The van der Waals surface area contributed by atoms with Crippen molar-refractivity contribution in [1.29, 1.82) is 0 Å². The fourth-order valence-electron chi connectivity index (χ4n) is 3.88.